The SMILES string of the molecule is CCC1NC(=O)CCN(C(C)C(C)C)C1=O. The van der Waals surface area contributed by atoms with Gasteiger partial charge in [0.1, 0.15) is 6.04 Å². The van der Waals surface area contributed by atoms with Gasteiger partial charge in [0.15, 0.2) is 0 Å². The Kier molecular flexibility index (Phi) is 4.33. The zero-order valence-electron chi connectivity index (χ0n) is 10.6. The first-order chi connectivity index (χ1) is 7.47. The Morgan fingerprint density at radius 1 is 1.38 bits per heavy atom. The molecule has 0 aliphatic carbocycles. The lowest BCUT2D eigenvalue weighted by Gasteiger charge is -2.32. The fourth-order valence-electron chi connectivity index (χ4n) is 1.90. The van der Waals surface area contributed by atoms with Crippen LogP contribution in [0.2, 0.25) is 0 Å². The molecule has 1 saturated heterocycles. The Morgan fingerprint density at radius 3 is 2.50 bits per heavy atom. The Morgan fingerprint density at radius 2 is 2.00 bits per heavy atom. The van der Waals surface area contributed by atoms with Crippen LogP contribution in [0.15, 0.2) is 0 Å². The summed E-state index contributed by atoms with van der Waals surface area (Å²) in [5.74, 6) is 0.461. The van der Waals surface area contributed by atoms with Crippen LogP contribution >= 0.6 is 0 Å². The molecule has 1 aliphatic rings. The topological polar surface area (TPSA) is 49.4 Å². The Bertz CT molecular complexity index is 276. The monoisotopic (exact) mass is 226 g/mol. The minimum absolute atomic E-state index is 0.0151. The van der Waals surface area contributed by atoms with Crippen molar-refractivity contribution in [2.75, 3.05) is 6.54 Å². The minimum Gasteiger partial charge on any atom is -0.344 e. The Hall–Kier alpha value is -1.06. The molecule has 1 N–H and O–H groups in total. The Balaban J connectivity index is 2.83. The van der Waals surface area contributed by atoms with Crippen molar-refractivity contribution >= 4 is 11.8 Å². The van der Waals surface area contributed by atoms with Gasteiger partial charge in [0, 0.05) is 19.0 Å². The van der Waals surface area contributed by atoms with E-state index in [-0.39, 0.29) is 23.9 Å². The van der Waals surface area contributed by atoms with Crippen LogP contribution in [0.1, 0.15) is 40.5 Å². The van der Waals surface area contributed by atoms with E-state index >= 15 is 0 Å². The molecule has 4 nitrogen and oxygen atoms in total. The van der Waals surface area contributed by atoms with Crippen LogP contribution in [-0.4, -0.2) is 35.3 Å². The van der Waals surface area contributed by atoms with Gasteiger partial charge in [-0.2, -0.15) is 0 Å². The molecular formula is C12H22N2O2. The van der Waals surface area contributed by atoms with Gasteiger partial charge in [0.2, 0.25) is 11.8 Å². The highest BCUT2D eigenvalue weighted by molar-refractivity contribution is 5.90. The molecule has 1 aliphatic heterocycles. The average molecular weight is 226 g/mol. The molecule has 1 heterocycles. The van der Waals surface area contributed by atoms with Crippen molar-refractivity contribution in [3.8, 4) is 0 Å². The third-order valence-electron chi connectivity index (χ3n) is 3.36. The van der Waals surface area contributed by atoms with E-state index in [1.54, 1.807) is 0 Å². The van der Waals surface area contributed by atoms with Gasteiger partial charge in [-0.15, -0.1) is 0 Å². The molecule has 0 aromatic rings. The maximum Gasteiger partial charge on any atom is 0.245 e. The summed E-state index contributed by atoms with van der Waals surface area (Å²) in [5, 5.41) is 2.77. The van der Waals surface area contributed by atoms with Gasteiger partial charge < -0.3 is 10.2 Å². The van der Waals surface area contributed by atoms with E-state index in [9.17, 15) is 9.59 Å². The second kappa shape index (κ2) is 5.32. The van der Waals surface area contributed by atoms with Crippen molar-refractivity contribution < 1.29 is 9.59 Å². The van der Waals surface area contributed by atoms with Crippen LogP contribution in [0.5, 0.6) is 0 Å². The lowest BCUT2D eigenvalue weighted by Crippen LogP contribution is -2.48. The molecule has 2 amide bonds. The maximum absolute atomic E-state index is 12.2. The summed E-state index contributed by atoms with van der Waals surface area (Å²) < 4.78 is 0. The number of amides is 2. The van der Waals surface area contributed by atoms with Gasteiger partial charge in [-0.05, 0) is 19.3 Å². The first-order valence-electron chi connectivity index (χ1n) is 6.07. The van der Waals surface area contributed by atoms with Crippen LogP contribution in [0, 0.1) is 5.92 Å². The van der Waals surface area contributed by atoms with Gasteiger partial charge in [-0.1, -0.05) is 20.8 Å². The van der Waals surface area contributed by atoms with Crippen molar-refractivity contribution in [1.29, 1.82) is 0 Å². The molecule has 0 aromatic carbocycles. The lowest BCUT2D eigenvalue weighted by atomic mass is 10.0. The number of rotatable bonds is 3. The highest BCUT2D eigenvalue weighted by Gasteiger charge is 2.31. The summed E-state index contributed by atoms with van der Waals surface area (Å²) in [6, 6.07) is -0.148. The number of nitrogens with zero attached hydrogens (tertiary/aromatic N) is 1. The fraction of sp³-hybridized carbons (Fsp3) is 0.833. The van der Waals surface area contributed by atoms with Crippen LogP contribution in [0.3, 0.4) is 0 Å². The number of hydrogen-bond donors (Lipinski definition) is 1. The standard InChI is InChI=1S/C12H22N2O2/c1-5-10-12(16)14(9(4)8(2)3)7-6-11(15)13-10/h8-10H,5-7H2,1-4H3,(H,13,15). The van der Waals surface area contributed by atoms with Crippen molar-refractivity contribution in [1.82, 2.24) is 10.2 Å². The fourth-order valence-corrected chi connectivity index (χ4v) is 1.90. The highest BCUT2D eigenvalue weighted by atomic mass is 16.2. The van der Waals surface area contributed by atoms with Crippen LogP contribution in [-0.2, 0) is 9.59 Å². The molecule has 0 radical (unpaired) electrons. The smallest absolute Gasteiger partial charge is 0.245 e. The maximum atomic E-state index is 12.2. The van der Waals surface area contributed by atoms with Gasteiger partial charge in [-0.25, -0.2) is 0 Å². The molecule has 1 rings (SSSR count). The van der Waals surface area contributed by atoms with Crippen molar-refractivity contribution in [2.45, 2.75) is 52.6 Å². The summed E-state index contributed by atoms with van der Waals surface area (Å²) >= 11 is 0. The van der Waals surface area contributed by atoms with E-state index in [0.29, 0.717) is 25.3 Å². The zero-order valence-corrected chi connectivity index (χ0v) is 10.6. The predicted octanol–water partition coefficient (Wildman–Crippen LogP) is 1.16. The molecule has 16 heavy (non-hydrogen) atoms. The number of nitrogens with one attached hydrogen (secondary N) is 1. The average Bonchev–Trinajstić information content (AvgIpc) is 2.37. The third kappa shape index (κ3) is 2.74. The largest absolute Gasteiger partial charge is 0.344 e. The van der Waals surface area contributed by atoms with Crippen molar-refractivity contribution in [3.05, 3.63) is 0 Å². The van der Waals surface area contributed by atoms with E-state index in [2.05, 4.69) is 19.2 Å². The van der Waals surface area contributed by atoms with Crippen LogP contribution in [0.25, 0.3) is 0 Å². The first kappa shape index (κ1) is 13.0. The highest BCUT2D eigenvalue weighted by Crippen LogP contribution is 2.15. The summed E-state index contributed by atoms with van der Waals surface area (Å²) in [7, 11) is 0. The minimum atomic E-state index is -0.337. The summed E-state index contributed by atoms with van der Waals surface area (Å²) in [6.07, 6.45) is 1.07. The molecule has 2 unspecified atom stereocenters. The van der Waals surface area contributed by atoms with E-state index in [1.165, 1.54) is 0 Å². The first-order valence-corrected chi connectivity index (χ1v) is 6.07. The summed E-state index contributed by atoms with van der Waals surface area (Å²) in [4.78, 5) is 25.5. The number of carbonyl (C=O) groups is 2. The lowest BCUT2D eigenvalue weighted by molar-refractivity contribution is -0.136. The van der Waals surface area contributed by atoms with Crippen molar-refractivity contribution in [2.24, 2.45) is 5.92 Å². The zero-order chi connectivity index (χ0) is 12.3. The summed E-state index contributed by atoms with van der Waals surface area (Å²) in [6.45, 7) is 8.70. The van der Waals surface area contributed by atoms with Gasteiger partial charge in [0.05, 0.1) is 0 Å². The summed E-state index contributed by atoms with van der Waals surface area (Å²) in [5.41, 5.74) is 0. The molecule has 4 heteroatoms. The van der Waals surface area contributed by atoms with Crippen molar-refractivity contribution in [3.63, 3.8) is 0 Å². The predicted molar refractivity (Wildman–Crippen MR) is 62.9 cm³/mol. The molecular weight excluding hydrogens is 204 g/mol. The van der Waals surface area contributed by atoms with Gasteiger partial charge in [0.25, 0.3) is 0 Å². The van der Waals surface area contributed by atoms with Crippen LogP contribution < -0.4 is 5.32 Å². The molecule has 0 bridgehead atoms. The number of hydrogen-bond acceptors (Lipinski definition) is 2. The Labute approximate surface area is 97.4 Å². The molecule has 2 atom stereocenters. The molecule has 0 spiro atoms. The third-order valence-corrected chi connectivity index (χ3v) is 3.36. The molecule has 92 valence electrons. The second-order valence-corrected chi connectivity index (χ2v) is 4.79. The van der Waals surface area contributed by atoms with E-state index in [4.69, 9.17) is 0 Å². The molecule has 0 saturated carbocycles. The molecule has 1 fully saturated rings. The van der Waals surface area contributed by atoms with Gasteiger partial charge in [-0.3, -0.25) is 9.59 Å². The van der Waals surface area contributed by atoms with E-state index in [0.717, 1.165) is 0 Å². The van der Waals surface area contributed by atoms with Gasteiger partial charge >= 0.3 is 0 Å². The normalized spacial score (nSPS) is 24.3. The molecule has 0 aromatic heterocycles. The van der Waals surface area contributed by atoms with E-state index in [1.807, 2.05) is 18.7 Å². The van der Waals surface area contributed by atoms with Crippen LogP contribution in [0.4, 0.5) is 0 Å². The van der Waals surface area contributed by atoms with E-state index < -0.39 is 0 Å². The number of carbonyl (C=O) groups excluding carboxylic acids is 2. The quantitative estimate of drug-likeness (QED) is 0.785. The second-order valence-electron chi connectivity index (χ2n) is 4.79.